The van der Waals surface area contributed by atoms with Gasteiger partial charge in [-0.25, -0.2) is 0 Å². The zero-order valence-electron chi connectivity index (χ0n) is 17.1. The molecule has 2 aromatic rings. The summed E-state index contributed by atoms with van der Waals surface area (Å²) < 4.78 is 0. The largest absolute Gasteiger partial charge is 0.285 e. The zero-order chi connectivity index (χ0) is 17.0. The van der Waals surface area contributed by atoms with Gasteiger partial charge in [-0.1, -0.05) is 56.7 Å². The van der Waals surface area contributed by atoms with E-state index in [4.69, 9.17) is 0 Å². The molecule has 0 bridgehead atoms. The van der Waals surface area contributed by atoms with Gasteiger partial charge >= 0.3 is 0 Å². The van der Waals surface area contributed by atoms with Crippen LogP contribution in [0.5, 0.6) is 0 Å². The fourth-order valence-corrected chi connectivity index (χ4v) is 4.79. The molecule has 0 spiro atoms. The van der Waals surface area contributed by atoms with Gasteiger partial charge in [0.1, 0.15) is 0 Å². The van der Waals surface area contributed by atoms with Crippen LogP contribution < -0.4 is 0 Å². The van der Waals surface area contributed by atoms with E-state index in [1.807, 2.05) is 13.8 Å². The molecule has 2 aliphatic carbocycles. The van der Waals surface area contributed by atoms with Crippen LogP contribution in [0, 0.1) is 33.6 Å². The molecule has 4 radical (unpaired) electrons. The summed E-state index contributed by atoms with van der Waals surface area (Å²) in [6.45, 7) is 14.8. The van der Waals surface area contributed by atoms with E-state index < -0.39 is 0 Å². The average molecular weight is 661 g/mol. The van der Waals surface area contributed by atoms with Crippen LogP contribution >= 0.6 is 0 Å². The van der Waals surface area contributed by atoms with Crippen molar-refractivity contribution in [2.75, 3.05) is 0 Å². The van der Waals surface area contributed by atoms with Crippen LogP contribution in [0.3, 0.4) is 0 Å². The van der Waals surface area contributed by atoms with Gasteiger partial charge in [0, 0.05) is 142 Å². The first kappa shape index (κ1) is 29.3. The molecule has 0 heterocycles. The quantitative estimate of drug-likeness (QED) is 0.304. The van der Waals surface area contributed by atoms with Crippen molar-refractivity contribution >= 4 is 22.3 Å². The Bertz CT molecular complexity index is 970. The number of rotatable bonds is 0. The number of hydrogen-bond donors (Lipinski definition) is 0. The first-order chi connectivity index (χ1) is 10.6. The molecular formula is C21H21O2Y4-. The molecule has 0 amide bonds. The minimum atomic E-state index is -0.325. The molecule has 2 aliphatic rings. The van der Waals surface area contributed by atoms with Crippen LogP contribution in [-0.4, -0.2) is 11.6 Å². The first-order valence-corrected chi connectivity index (χ1v) is 8.16. The van der Waals surface area contributed by atoms with E-state index in [2.05, 4.69) is 34.6 Å². The van der Waals surface area contributed by atoms with Gasteiger partial charge in [0.2, 0.25) is 11.6 Å². The molecule has 0 saturated carbocycles. The van der Waals surface area contributed by atoms with Crippen molar-refractivity contribution in [2.45, 2.75) is 53.9 Å². The van der Waals surface area contributed by atoms with Gasteiger partial charge in [-0.3, -0.25) is 9.59 Å². The van der Waals surface area contributed by atoms with Gasteiger partial charge < -0.3 is 0 Å². The summed E-state index contributed by atoms with van der Waals surface area (Å²) in [4.78, 5) is 25.3. The molecule has 0 atom stereocenters. The van der Waals surface area contributed by atoms with E-state index in [0.717, 1.165) is 33.0 Å². The molecule has 6 heteroatoms. The van der Waals surface area contributed by atoms with Gasteiger partial charge in [0.15, 0.2) is 0 Å². The average Bonchev–Trinajstić information content (AvgIpc) is 2.85. The van der Waals surface area contributed by atoms with Crippen LogP contribution in [0.2, 0.25) is 0 Å². The summed E-state index contributed by atoms with van der Waals surface area (Å²) in [5.41, 5.74) is 8.04. The third kappa shape index (κ3) is 3.55. The number of ketones is 2. The predicted molar refractivity (Wildman–Crippen MR) is 92.6 cm³/mol. The molecule has 0 N–H and O–H groups in total. The van der Waals surface area contributed by atoms with Crippen LogP contribution in [-0.2, 0) is 136 Å². The summed E-state index contributed by atoms with van der Waals surface area (Å²) in [6.07, 6.45) is 0. The summed E-state index contributed by atoms with van der Waals surface area (Å²) in [5, 5.41) is 2.07. The number of benzene rings is 2. The Balaban J connectivity index is 0.00000169. The van der Waals surface area contributed by atoms with Gasteiger partial charge in [-0.15, -0.1) is 10.9 Å². The molecule has 130 valence electrons. The minimum Gasteiger partial charge on any atom is -0.285 e. The summed E-state index contributed by atoms with van der Waals surface area (Å²) in [6, 6.07) is 0. The smallest absolute Gasteiger partial charge is 0.233 e. The molecule has 2 aromatic carbocycles. The van der Waals surface area contributed by atoms with E-state index in [1.165, 1.54) is 17.0 Å². The van der Waals surface area contributed by atoms with E-state index in [0.29, 0.717) is 11.1 Å². The number of hydrogen-bond acceptors (Lipinski definition) is 2. The molecule has 2 nitrogen and oxygen atoms in total. The molecule has 0 fully saturated rings. The van der Waals surface area contributed by atoms with Gasteiger partial charge in [-0.05, 0) is 24.8 Å². The van der Waals surface area contributed by atoms with E-state index in [1.54, 1.807) is 0 Å². The first-order valence-electron chi connectivity index (χ1n) is 8.16. The SMILES string of the molecule is Cc1c(C)c2c3c(c(C)c(C)c4c3c1C(=O)C4=O)C(C)(C)[C-]2C.[Y].[Y].[Y].[Y]. The fraction of sp³-hybridized carbons (Fsp3) is 0.381. The van der Waals surface area contributed by atoms with E-state index in [-0.39, 0.29) is 148 Å². The van der Waals surface area contributed by atoms with Crippen molar-refractivity contribution in [3.05, 3.63) is 50.4 Å². The minimum absolute atomic E-state index is 0. The number of Topliss-reactive ketones (excluding diaryl/α,β-unsaturated/α-hetero) is 2. The summed E-state index contributed by atoms with van der Waals surface area (Å²) >= 11 is 0. The maximum absolute atomic E-state index is 12.6. The van der Waals surface area contributed by atoms with Crippen molar-refractivity contribution in [3.63, 3.8) is 0 Å². The fourth-order valence-electron chi connectivity index (χ4n) is 4.79. The number of carbonyl (C=O) groups excluding carboxylic acids is 2. The maximum Gasteiger partial charge on any atom is 0.233 e. The Morgan fingerprint density at radius 2 is 1.07 bits per heavy atom. The van der Waals surface area contributed by atoms with Gasteiger partial charge in [0.25, 0.3) is 0 Å². The zero-order valence-corrected chi connectivity index (χ0v) is 28.5. The van der Waals surface area contributed by atoms with Crippen molar-refractivity contribution in [2.24, 2.45) is 0 Å². The second-order valence-corrected chi connectivity index (χ2v) is 7.66. The second-order valence-electron chi connectivity index (χ2n) is 7.66. The normalized spacial score (nSPS) is 15.1. The Kier molecular flexibility index (Phi) is 10.3. The standard InChI is InChI=1S/C21H21O2.4Y/c1-8-9(2)14-16-15(20(23)19(14)22)10(3)11(4)18-17(16)13(8)12(5)21(18,6)7;;;;/h1-7H3;;;;/q-1;;;;. The Morgan fingerprint density at radius 1 is 0.667 bits per heavy atom. The van der Waals surface area contributed by atoms with Crippen LogP contribution in [0.1, 0.15) is 74.9 Å². The monoisotopic (exact) mass is 661 g/mol. The van der Waals surface area contributed by atoms with Crippen molar-refractivity contribution < 1.29 is 140 Å². The van der Waals surface area contributed by atoms with Crippen LogP contribution in [0.25, 0.3) is 10.8 Å². The molecule has 0 saturated heterocycles. The molecular weight excluding hydrogens is 640 g/mol. The molecule has 27 heavy (non-hydrogen) atoms. The third-order valence-electron chi connectivity index (χ3n) is 6.47. The predicted octanol–water partition coefficient (Wildman–Crippen LogP) is 4.68. The Labute approximate surface area is 262 Å². The topological polar surface area (TPSA) is 34.1 Å². The van der Waals surface area contributed by atoms with Crippen LogP contribution in [0.4, 0.5) is 0 Å². The third-order valence-corrected chi connectivity index (χ3v) is 6.47. The van der Waals surface area contributed by atoms with E-state index in [9.17, 15) is 9.59 Å². The molecule has 4 rings (SSSR count). The van der Waals surface area contributed by atoms with Gasteiger partial charge in [-0.2, -0.15) is 11.5 Å². The summed E-state index contributed by atoms with van der Waals surface area (Å²) in [5.74, 6) is 0.689. The van der Waals surface area contributed by atoms with Crippen LogP contribution in [0.15, 0.2) is 0 Å². The Morgan fingerprint density at radius 3 is 1.52 bits per heavy atom. The Hall–Kier alpha value is 2.33. The second kappa shape index (κ2) is 9.44. The van der Waals surface area contributed by atoms with E-state index >= 15 is 0 Å². The molecule has 0 aliphatic heterocycles. The van der Waals surface area contributed by atoms with Crippen molar-refractivity contribution in [1.29, 1.82) is 0 Å². The molecule has 0 unspecified atom stereocenters. The van der Waals surface area contributed by atoms with Gasteiger partial charge in [0.05, 0.1) is 0 Å². The summed E-state index contributed by atoms with van der Waals surface area (Å²) in [7, 11) is 0. The molecule has 0 aromatic heterocycles. The number of carbonyl (C=O) groups is 2. The van der Waals surface area contributed by atoms with Crippen molar-refractivity contribution in [1.82, 2.24) is 0 Å². The maximum atomic E-state index is 12.6. The van der Waals surface area contributed by atoms with Crippen molar-refractivity contribution in [3.8, 4) is 0 Å².